The van der Waals surface area contributed by atoms with Gasteiger partial charge in [-0.15, -0.1) is 11.3 Å². The average molecular weight is 311 g/mol. The Bertz CT molecular complexity index is 549. The Hall–Kier alpha value is -1.46. The predicted molar refractivity (Wildman–Crippen MR) is 68.8 cm³/mol. The second-order valence-corrected chi connectivity index (χ2v) is 5.03. The number of esters is 1. The van der Waals surface area contributed by atoms with E-state index in [-0.39, 0.29) is 5.75 Å². The lowest BCUT2D eigenvalue weighted by Gasteiger charge is -2.05. The van der Waals surface area contributed by atoms with E-state index in [1.54, 1.807) is 35.7 Å². The first-order chi connectivity index (χ1) is 8.20. The zero-order chi connectivity index (χ0) is 12.3. The van der Waals surface area contributed by atoms with E-state index in [2.05, 4.69) is 15.9 Å². The Labute approximate surface area is 110 Å². The fraction of sp³-hybridized carbons (Fsp3) is 0. The maximum atomic E-state index is 11.7. The molecule has 17 heavy (non-hydrogen) atoms. The Morgan fingerprint density at radius 1 is 1.35 bits per heavy atom. The molecule has 0 aliphatic heterocycles. The molecule has 0 saturated heterocycles. The number of hydrogen-bond donors (Lipinski definition) is 0. The molecule has 0 spiro atoms. The lowest BCUT2D eigenvalue weighted by atomic mass is 10.2. The summed E-state index contributed by atoms with van der Waals surface area (Å²) in [5.41, 5.74) is 0.337. The Morgan fingerprint density at radius 3 is 2.82 bits per heavy atom. The lowest BCUT2D eigenvalue weighted by Crippen LogP contribution is -2.07. The van der Waals surface area contributed by atoms with Gasteiger partial charge in [0, 0.05) is 4.47 Å². The van der Waals surface area contributed by atoms with Crippen molar-refractivity contribution in [3.05, 3.63) is 50.6 Å². The molecule has 0 amide bonds. The molecule has 1 aromatic carbocycles. The first-order valence-corrected chi connectivity index (χ1v) is 6.38. The smallest absolute Gasteiger partial charge is 0.353 e. The maximum Gasteiger partial charge on any atom is 0.353 e. The van der Waals surface area contributed by atoms with E-state index in [0.29, 0.717) is 16.7 Å². The molecular formula is C12H7BrO3S. The highest BCUT2D eigenvalue weighted by atomic mass is 79.9. The van der Waals surface area contributed by atoms with Crippen molar-refractivity contribution in [2.45, 2.75) is 0 Å². The second kappa shape index (κ2) is 5.25. The van der Waals surface area contributed by atoms with Crippen molar-refractivity contribution in [1.29, 1.82) is 0 Å². The Kier molecular flexibility index (Phi) is 3.71. The van der Waals surface area contributed by atoms with Gasteiger partial charge in [-0.05, 0) is 29.6 Å². The summed E-state index contributed by atoms with van der Waals surface area (Å²) in [5.74, 6) is -0.188. The summed E-state index contributed by atoms with van der Waals surface area (Å²) in [6, 6.07) is 8.34. The average Bonchev–Trinajstić information content (AvgIpc) is 2.85. The van der Waals surface area contributed by atoms with Gasteiger partial charge in [0.1, 0.15) is 10.6 Å². The molecule has 3 nitrogen and oxygen atoms in total. The largest absolute Gasteiger partial charge is 0.422 e. The highest BCUT2D eigenvalue weighted by Gasteiger charge is 2.12. The molecule has 0 atom stereocenters. The van der Waals surface area contributed by atoms with Crippen molar-refractivity contribution < 1.29 is 14.3 Å². The van der Waals surface area contributed by atoms with E-state index in [9.17, 15) is 9.59 Å². The molecule has 0 bridgehead atoms. The molecule has 0 aliphatic rings. The van der Waals surface area contributed by atoms with Gasteiger partial charge in [0.05, 0.1) is 5.56 Å². The highest BCUT2D eigenvalue weighted by Crippen LogP contribution is 2.23. The summed E-state index contributed by atoms with van der Waals surface area (Å²) in [6.07, 6.45) is 0.655. The number of rotatable bonds is 3. The van der Waals surface area contributed by atoms with E-state index in [1.807, 2.05) is 0 Å². The molecule has 0 unspecified atom stereocenters. The molecule has 0 aliphatic carbocycles. The van der Waals surface area contributed by atoms with Crippen molar-refractivity contribution in [3.63, 3.8) is 0 Å². The molecule has 2 rings (SSSR count). The van der Waals surface area contributed by atoms with Crippen LogP contribution in [0.2, 0.25) is 0 Å². The van der Waals surface area contributed by atoms with Crippen LogP contribution >= 0.6 is 27.3 Å². The van der Waals surface area contributed by atoms with Gasteiger partial charge in [-0.25, -0.2) is 4.79 Å². The SMILES string of the molecule is O=Cc1cc(Br)ccc1OC(=O)c1cccs1. The van der Waals surface area contributed by atoms with Crippen LogP contribution in [0.4, 0.5) is 0 Å². The molecule has 86 valence electrons. The highest BCUT2D eigenvalue weighted by molar-refractivity contribution is 9.10. The first kappa shape index (κ1) is 12.0. The molecule has 0 radical (unpaired) electrons. The van der Waals surface area contributed by atoms with Gasteiger partial charge in [0.2, 0.25) is 0 Å². The summed E-state index contributed by atoms with van der Waals surface area (Å²) in [6.45, 7) is 0. The Balaban J connectivity index is 2.24. The number of hydrogen-bond acceptors (Lipinski definition) is 4. The molecule has 5 heteroatoms. The molecule has 0 saturated carbocycles. The van der Waals surface area contributed by atoms with Crippen LogP contribution in [0.25, 0.3) is 0 Å². The van der Waals surface area contributed by atoms with Crippen LogP contribution in [-0.4, -0.2) is 12.3 Å². The van der Waals surface area contributed by atoms with Crippen LogP contribution in [0.3, 0.4) is 0 Å². The van der Waals surface area contributed by atoms with Gasteiger partial charge in [-0.3, -0.25) is 4.79 Å². The van der Waals surface area contributed by atoms with Crippen LogP contribution < -0.4 is 4.74 Å². The van der Waals surface area contributed by atoms with E-state index >= 15 is 0 Å². The zero-order valence-corrected chi connectivity index (χ0v) is 11.0. The van der Waals surface area contributed by atoms with Crippen LogP contribution in [0.5, 0.6) is 5.75 Å². The quantitative estimate of drug-likeness (QED) is 0.495. The van der Waals surface area contributed by atoms with Crippen LogP contribution in [0, 0.1) is 0 Å². The maximum absolute atomic E-state index is 11.7. The summed E-state index contributed by atoms with van der Waals surface area (Å²) < 4.78 is 5.91. The van der Waals surface area contributed by atoms with Gasteiger partial charge in [-0.1, -0.05) is 22.0 Å². The lowest BCUT2D eigenvalue weighted by molar-refractivity contribution is 0.0738. The second-order valence-electron chi connectivity index (χ2n) is 3.17. The number of carbonyl (C=O) groups excluding carboxylic acids is 2. The van der Waals surface area contributed by atoms with E-state index in [1.165, 1.54) is 11.3 Å². The van der Waals surface area contributed by atoms with Crippen molar-refractivity contribution in [3.8, 4) is 5.75 Å². The van der Waals surface area contributed by atoms with Gasteiger partial charge in [-0.2, -0.15) is 0 Å². The van der Waals surface area contributed by atoms with Gasteiger partial charge < -0.3 is 4.74 Å². The number of benzene rings is 1. The Morgan fingerprint density at radius 2 is 2.18 bits per heavy atom. The zero-order valence-electron chi connectivity index (χ0n) is 8.55. The summed E-state index contributed by atoms with van der Waals surface area (Å²) in [5, 5.41) is 1.79. The predicted octanol–water partition coefficient (Wildman–Crippen LogP) is 3.54. The van der Waals surface area contributed by atoms with Crippen LogP contribution in [-0.2, 0) is 0 Å². The minimum Gasteiger partial charge on any atom is -0.422 e. The van der Waals surface area contributed by atoms with E-state index in [4.69, 9.17) is 4.74 Å². The topological polar surface area (TPSA) is 43.4 Å². The van der Waals surface area contributed by atoms with Crippen molar-refractivity contribution in [1.82, 2.24) is 0 Å². The number of aldehydes is 1. The number of carbonyl (C=O) groups is 2. The number of ether oxygens (including phenoxy) is 1. The van der Waals surface area contributed by atoms with Crippen LogP contribution in [0.1, 0.15) is 20.0 Å². The first-order valence-electron chi connectivity index (χ1n) is 4.71. The molecule has 0 N–H and O–H groups in total. The third kappa shape index (κ3) is 2.81. The monoisotopic (exact) mass is 310 g/mol. The van der Waals surface area contributed by atoms with Gasteiger partial charge in [0.25, 0.3) is 0 Å². The van der Waals surface area contributed by atoms with Gasteiger partial charge in [0.15, 0.2) is 6.29 Å². The summed E-state index contributed by atoms with van der Waals surface area (Å²) >= 11 is 4.54. The molecule has 1 aromatic heterocycles. The minimum atomic E-state index is -0.453. The molecule has 2 aromatic rings. The van der Waals surface area contributed by atoms with Crippen molar-refractivity contribution in [2.75, 3.05) is 0 Å². The number of halogens is 1. The number of thiophene rings is 1. The molecular weight excluding hydrogens is 304 g/mol. The van der Waals surface area contributed by atoms with Gasteiger partial charge >= 0.3 is 5.97 Å². The molecule has 1 heterocycles. The fourth-order valence-electron chi connectivity index (χ4n) is 1.25. The van der Waals surface area contributed by atoms with E-state index < -0.39 is 5.97 Å². The third-order valence-electron chi connectivity index (χ3n) is 2.02. The summed E-state index contributed by atoms with van der Waals surface area (Å²) in [4.78, 5) is 23.0. The van der Waals surface area contributed by atoms with Crippen molar-refractivity contribution in [2.24, 2.45) is 0 Å². The standard InChI is InChI=1S/C12H7BrO3S/c13-9-3-4-10(8(6-9)7-14)16-12(15)11-2-1-5-17-11/h1-7H. The van der Waals surface area contributed by atoms with E-state index in [0.717, 1.165) is 4.47 Å². The minimum absolute atomic E-state index is 0.265. The van der Waals surface area contributed by atoms with Crippen molar-refractivity contribution >= 4 is 39.5 Å². The normalized spacial score (nSPS) is 9.94. The third-order valence-corrected chi connectivity index (χ3v) is 3.37. The fourth-order valence-corrected chi connectivity index (χ4v) is 2.23. The molecule has 0 fully saturated rings. The summed E-state index contributed by atoms with van der Waals surface area (Å²) in [7, 11) is 0. The van der Waals surface area contributed by atoms with Crippen LogP contribution in [0.15, 0.2) is 40.2 Å².